The van der Waals surface area contributed by atoms with E-state index in [1.165, 1.54) is 5.57 Å². The molecule has 0 bridgehead atoms. The molecule has 0 heterocycles. The lowest BCUT2D eigenvalue weighted by molar-refractivity contribution is 0.788. The highest BCUT2D eigenvalue weighted by Gasteiger charge is 1.94. The van der Waals surface area contributed by atoms with Gasteiger partial charge in [0.25, 0.3) is 0 Å². The molecule has 72 valence electrons. The van der Waals surface area contributed by atoms with Crippen LogP contribution < -0.4 is 5.32 Å². The van der Waals surface area contributed by atoms with E-state index in [2.05, 4.69) is 38.2 Å². The number of hydrogen-bond donors (Lipinski definition) is 1. The fourth-order valence-corrected chi connectivity index (χ4v) is 0.802. The summed E-state index contributed by atoms with van der Waals surface area (Å²) in [6.07, 6.45) is 6.19. The Kier molecular flexibility index (Phi) is 11.9. The topological polar surface area (TPSA) is 12.0 Å². The van der Waals surface area contributed by atoms with E-state index in [-0.39, 0.29) is 0 Å². The molecule has 0 aliphatic rings. The van der Waals surface area contributed by atoms with Crippen LogP contribution in [0.15, 0.2) is 23.9 Å². The summed E-state index contributed by atoms with van der Waals surface area (Å²) >= 11 is 0. The van der Waals surface area contributed by atoms with Crippen LogP contribution in [0.3, 0.4) is 0 Å². The van der Waals surface area contributed by atoms with E-state index in [4.69, 9.17) is 0 Å². The first-order valence-electron chi connectivity index (χ1n) is 4.72. The summed E-state index contributed by atoms with van der Waals surface area (Å²) in [5.41, 5.74) is 1.37. The molecule has 0 aliphatic carbocycles. The molecule has 0 aromatic carbocycles. The van der Waals surface area contributed by atoms with Crippen molar-refractivity contribution in [1.82, 2.24) is 5.32 Å². The Morgan fingerprint density at radius 3 is 2.00 bits per heavy atom. The molecular weight excluding hydrogens is 146 g/mol. The Balaban J connectivity index is 0. The normalized spacial score (nSPS) is 11.4. The van der Waals surface area contributed by atoms with Crippen LogP contribution in [0.1, 0.15) is 34.6 Å². The molecule has 0 rings (SSSR count). The van der Waals surface area contributed by atoms with Gasteiger partial charge in [0.05, 0.1) is 0 Å². The summed E-state index contributed by atoms with van der Waals surface area (Å²) in [4.78, 5) is 0. The molecule has 1 heteroatoms. The van der Waals surface area contributed by atoms with E-state index >= 15 is 0 Å². The van der Waals surface area contributed by atoms with Crippen LogP contribution in [0.4, 0.5) is 0 Å². The minimum Gasteiger partial charge on any atom is -0.394 e. The largest absolute Gasteiger partial charge is 0.394 e. The fraction of sp³-hybridized carbons (Fsp3) is 0.636. The van der Waals surface area contributed by atoms with Crippen molar-refractivity contribution in [3.05, 3.63) is 23.9 Å². The monoisotopic (exact) mass is 169 g/mol. The molecule has 1 N–H and O–H groups in total. The van der Waals surface area contributed by atoms with Crippen molar-refractivity contribution < 1.29 is 0 Å². The predicted octanol–water partition coefficient (Wildman–Crippen LogP) is 3.35. The van der Waals surface area contributed by atoms with Gasteiger partial charge in [-0.25, -0.2) is 0 Å². The molecule has 12 heavy (non-hydrogen) atoms. The molecular formula is C11H23N. The van der Waals surface area contributed by atoms with Crippen molar-refractivity contribution in [1.29, 1.82) is 0 Å². The van der Waals surface area contributed by atoms with E-state index in [1.54, 1.807) is 0 Å². The fourth-order valence-electron chi connectivity index (χ4n) is 0.802. The average Bonchev–Trinajstić information content (AvgIpc) is 2.09. The molecule has 0 fully saturated rings. The van der Waals surface area contributed by atoms with Crippen molar-refractivity contribution in [3.8, 4) is 0 Å². The summed E-state index contributed by atoms with van der Waals surface area (Å²) in [7, 11) is 1.91. The van der Waals surface area contributed by atoms with E-state index in [0.29, 0.717) is 5.92 Å². The van der Waals surface area contributed by atoms with Crippen LogP contribution in [-0.4, -0.2) is 7.05 Å². The van der Waals surface area contributed by atoms with Crippen LogP contribution in [0, 0.1) is 5.92 Å². The first-order valence-corrected chi connectivity index (χ1v) is 4.72. The smallest absolute Gasteiger partial charge is 0.00277 e. The van der Waals surface area contributed by atoms with Gasteiger partial charge in [-0.15, -0.1) is 0 Å². The second-order valence-electron chi connectivity index (χ2n) is 2.57. The number of rotatable bonds is 3. The lowest BCUT2D eigenvalue weighted by Crippen LogP contribution is -1.95. The maximum atomic E-state index is 2.97. The van der Waals surface area contributed by atoms with Gasteiger partial charge in [0.2, 0.25) is 0 Å². The van der Waals surface area contributed by atoms with E-state index < -0.39 is 0 Å². The lowest BCUT2D eigenvalue weighted by Gasteiger charge is -2.03. The summed E-state index contributed by atoms with van der Waals surface area (Å²) in [5.74, 6) is 0.620. The Labute approximate surface area is 77.6 Å². The minimum absolute atomic E-state index is 0.620. The molecule has 0 atom stereocenters. The first-order chi connectivity index (χ1) is 5.72. The zero-order valence-electron chi connectivity index (χ0n) is 9.31. The molecule has 0 aromatic heterocycles. The van der Waals surface area contributed by atoms with E-state index in [9.17, 15) is 0 Å². The van der Waals surface area contributed by atoms with Gasteiger partial charge in [0, 0.05) is 7.05 Å². The van der Waals surface area contributed by atoms with Crippen molar-refractivity contribution in [2.24, 2.45) is 5.92 Å². The molecule has 1 nitrogen and oxygen atoms in total. The van der Waals surface area contributed by atoms with E-state index in [1.807, 2.05) is 27.1 Å². The van der Waals surface area contributed by atoms with Gasteiger partial charge in [-0.3, -0.25) is 0 Å². The molecule has 0 aromatic rings. The molecule has 0 radical (unpaired) electrons. The summed E-state index contributed by atoms with van der Waals surface area (Å²) < 4.78 is 0. The van der Waals surface area contributed by atoms with Gasteiger partial charge in [-0.1, -0.05) is 33.8 Å². The maximum absolute atomic E-state index is 2.97. The SMILES string of the molecule is C/C=C(\C=C/NC)C(C)C.CC. The zero-order chi connectivity index (χ0) is 9.98. The minimum atomic E-state index is 0.620. The van der Waals surface area contributed by atoms with Crippen molar-refractivity contribution in [3.63, 3.8) is 0 Å². The van der Waals surface area contributed by atoms with Gasteiger partial charge in [-0.05, 0) is 30.7 Å². The third-order valence-corrected chi connectivity index (χ3v) is 1.44. The highest BCUT2D eigenvalue weighted by Crippen LogP contribution is 2.09. The third kappa shape index (κ3) is 7.39. The van der Waals surface area contributed by atoms with Gasteiger partial charge in [0.15, 0.2) is 0 Å². The standard InChI is InChI=1S/C9H17N.C2H6/c1-5-9(8(2)3)6-7-10-4;1-2/h5-8,10H,1-4H3;1-2H3/b7-6-,9-5+;. The van der Waals surface area contributed by atoms with Gasteiger partial charge >= 0.3 is 0 Å². The summed E-state index contributed by atoms with van der Waals surface area (Å²) in [6, 6.07) is 0. The molecule has 0 spiro atoms. The molecule has 0 unspecified atom stereocenters. The second kappa shape index (κ2) is 10.3. The maximum Gasteiger partial charge on any atom is 0.00277 e. The molecule has 0 aliphatic heterocycles. The van der Waals surface area contributed by atoms with Gasteiger partial charge < -0.3 is 5.32 Å². The summed E-state index contributed by atoms with van der Waals surface area (Å²) in [6.45, 7) is 10.4. The lowest BCUT2D eigenvalue weighted by atomic mass is 10.0. The van der Waals surface area contributed by atoms with Crippen molar-refractivity contribution >= 4 is 0 Å². The zero-order valence-corrected chi connectivity index (χ0v) is 9.31. The Hall–Kier alpha value is -0.720. The van der Waals surface area contributed by atoms with Crippen LogP contribution in [0.25, 0.3) is 0 Å². The Morgan fingerprint density at radius 1 is 1.25 bits per heavy atom. The van der Waals surface area contributed by atoms with Crippen molar-refractivity contribution in [2.75, 3.05) is 7.05 Å². The molecule has 0 saturated carbocycles. The Morgan fingerprint density at radius 2 is 1.75 bits per heavy atom. The number of nitrogens with one attached hydrogen (secondary N) is 1. The van der Waals surface area contributed by atoms with Gasteiger partial charge in [-0.2, -0.15) is 0 Å². The van der Waals surface area contributed by atoms with Crippen molar-refractivity contribution in [2.45, 2.75) is 34.6 Å². The van der Waals surface area contributed by atoms with Crippen LogP contribution >= 0.6 is 0 Å². The first kappa shape index (κ1) is 13.8. The van der Waals surface area contributed by atoms with Crippen LogP contribution in [0.2, 0.25) is 0 Å². The molecule has 0 saturated heterocycles. The van der Waals surface area contributed by atoms with Crippen LogP contribution in [-0.2, 0) is 0 Å². The average molecular weight is 169 g/mol. The summed E-state index contributed by atoms with van der Waals surface area (Å²) in [5, 5.41) is 2.97. The predicted molar refractivity (Wildman–Crippen MR) is 58.1 cm³/mol. The number of hydrogen-bond acceptors (Lipinski definition) is 1. The van der Waals surface area contributed by atoms with E-state index in [0.717, 1.165) is 0 Å². The Bertz CT molecular complexity index is 132. The van der Waals surface area contributed by atoms with Crippen LogP contribution in [0.5, 0.6) is 0 Å². The third-order valence-electron chi connectivity index (χ3n) is 1.44. The highest BCUT2D eigenvalue weighted by molar-refractivity contribution is 5.18. The molecule has 0 amide bonds. The quantitative estimate of drug-likeness (QED) is 0.639. The highest BCUT2D eigenvalue weighted by atomic mass is 14.8. The second-order valence-corrected chi connectivity index (χ2v) is 2.57. The number of allylic oxidation sites excluding steroid dienone is 3. The van der Waals surface area contributed by atoms with Gasteiger partial charge in [0.1, 0.15) is 0 Å².